The summed E-state index contributed by atoms with van der Waals surface area (Å²) in [6.45, 7) is 3.96. The molecular formula is C22H21NO5S2. The van der Waals surface area contributed by atoms with Crippen molar-refractivity contribution in [3.05, 3.63) is 59.0 Å². The Morgan fingerprint density at radius 2 is 1.93 bits per heavy atom. The van der Waals surface area contributed by atoms with Crippen molar-refractivity contribution in [1.82, 2.24) is 0 Å². The van der Waals surface area contributed by atoms with Crippen LogP contribution in [0.3, 0.4) is 0 Å². The Hall–Kier alpha value is -2.84. The first-order chi connectivity index (χ1) is 14.4. The number of carbonyl (C=O) groups excluding carboxylic acids is 1. The maximum absolute atomic E-state index is 12.9. The average Bonchev–Trinajstić information content (AvgIpc) is 3.01. The highest BCUT2D eigenvalue weighted by Crippen LogP contribution is 2.37. The van der Waals surface area contributed by atoms with Crippen molar-refractivity contribution in [2.75, 3.05) is 11.5 Å². The van der Waals surface area contributed by atoms with Crippen LogP contribution >= 0.6 is 24.0 Å². The van der Waals surface area contributed by atoms with E-state index in [0.717, 1.165) is 11.3 Å². The SMILES string of the molecule is CCOc1cc(/C=C2/SC(=S)N(c3ccccc3)C2=O)ccc1OC(CC)C(=O)O. The fourth-order valence-electron chi connectivity index (χ4n) is 2.86. The van der Waals surface area contributed by atoms with Gasteiger partial charge in [0.05, 0.1) is 17.2 Å². The zero-order chi connectivity index (χ0) is 21.7. The molecule has 0 radical (unpaired) electrons. The van der Waals surface area contributed by atoms with Crippen molar-refractivity contribution in [2.45, 2.75) is 26.4 Å². The van der Waals surface area contributed by atoms with Crippen molar-refractivity contribution >= 4 is 51.9 Å². The van der Waals surface area contributed by atoms with E-state index in [2.05, 4.69) is 0 Å². The lowest BCUT2D eigenvalue weighted by atomic mass is 10.1. The van der Waals surface area contributed by atoms with E-state index in [4.69, 9.17) is 21.7 Å². The third kappa shape index (κ3) is 4.83. The standard InChI is InChI=1S/C22H21NO5S2/c1-3-16(21(25)26)28-17-11-10-14(12-18(17)27-4-2)13-19-20(24)23(22(29)30-19)15-8-6-5-7-9-15/h5-13,16H,3-4H2,1-2H3,(H,25,26)/b19-13+. The van der Waals surface area contributed by atoms with E-state index < -0.39 is 12.1 Å². The molecular weight excluding hydrogens is 422 g/mol. The molecule has 6 nitrogen and oxygen atoms in total. The maximum Gasteiger partial charge on any atom is 0.344 e. The summed E-state index contributed by atoms with van der Waals surface area (Å²) < 4.78 is 11.7. The number of benzene rings is 2. The van der Waals surface area contributed by atoms with Gasteiger partial charge in [0.25, 0.3) is 5.91 Å². The molecule has 0 spiro atoms. The second kappa shape index (κ2) is 9.77. The number of hydrogen-bond acceptors (Lipinski definition) is 6. The third-order valence-corrected chi connectivity index (χ3v) is 5.59. The van der Waals surface area contributed by atoms with Crippen molar-refractivity contribution in [3.63, 3.8) is 0 Å². The average molecular weight is 444 g/mol. The predicted octanol–water partition coefficient (Wildman–Crippen LogP) is 4.73. The number of thioether (sulfide) groups is 1. The summed E-state index contributed by atoms with van der Waals surface area (Å²) in [7, 11) is 0. The van der Waals surface area contributed by atoms with Crippen molar-refractivity contribution < 1.29 is 24.2 Å². The topological polar surface area (TPSA) is 76.1 Å². The molecule has 3 rings (SSSR count). The molecule has 0 saturated carbocycles. The van der Waals surface area contributed by atoms with Gasteiger partial charge in [-0.15, -0.1) is 0 Å². The Kier molecular flexibility index (Phi) is 7.12. The number of carboxylic acids is 1. The van der Waals surface area contributed by atoms with Gasteiger partial charge in [-0.05, 0) is 49.2 Å². The van der Waals surface area contributed by atoms with Crippen LogP contribution in [0.1, 0.15) is 25.8 Å². The number of nitrogens with zero attached hydrogens (tertiary/aromatic N) is 1. The highest BCUT2D eigenvalue weighted by atomic mass is 32.2. The minimum atomic E-state index is -1.03. The minimum Gasteiger partial charge on any atom is -0.490 e. The number of thiocarbonyl (C=S) groups is 1. The normalized spacial score (nSPS) is 16.1. The Morgan fingerprint density at radius 3 is 2.57 bits per heavy atom. The number of carboxylic acid groups (broad SMARTS) is 1. The van der Waals surface area contributed by atoms with E-state index >= 15 is 0 Å². The summed E-state index contributed by atoms with van der Waals surface area (Å²) in [5.41, 5.74) is 1.45. The molecule has 0 aliphatic carbocycles. The van der Waals surface area contributed by atoms with Crippen LogP contribution in [0.2, 0.25) is 0 Å². The molecule has 1 atom stereocenters. The maximum atomic E-state index is 12.9. The smallest absolute Gasteiger partial charge is 0.344 e. The first kappa shape index (κ1) is 21.9. The van der Waals surface area contributed by atoms with Crippen molar-refractivity contribution in [3.8, 4) is 11.5 Å². The molecule has 1 unspecified atom stereocenters. The van der Waals surface area contributed by atoms with E-state index in [-0.39, 0.29) is 5.91 Å². The van der Waals surface area contributed by atoms with Gasteiger partial charge in [-0.25, -0.2) is 4.79 Å². The third-order valence-electron chi connectivity index (χ3n) is 4.29. The van der Waals surface area contributed by atoms with E-state index in [1.54, 1.807) is 31.2 Å². The van der Waals surface area contributed by atoms with E-state index in [9.17, 15) is 14.7 Å². The number of ether oxygens (including phenoxy) is 2. The van der Waals surface area contributed by atoms with Gasteiger partial charge in [-0.2, -0.15) is 0 Å². The molecule has 1 N–H and O–H groups in total. The van der Waals surface area contributed by atoms with Crippen LogP contribution in [-0.4, -0.2) is 34.0 Å². The number of para-hydroxylation sites is 1. The van der Waals surface area contributed by atoms with Gasteiger partial charge in [0.2, 0.25) is 0 Å². The zero-order valence-corrected chi connectivity index (χ0v) is 18.2. The zero-order valence-electron chi connectivity index (χ0n) is 16.5. The summed E-state index contributed by atoms with van der Waals surface area (Å²) >= 11 is 6.63. The van der Waals surface area contributed by atoms with Gasteiger partial charge in [0, 0.05) is 0 Å². The first-order valence-electron chi connectivity index (χ1n) is 9.43. The van der Waals surface area contributed by atoms with E-state index in [0.29, 0.717) is 33.8 Å². The lowest BCUT2D eigenvalue weighted by Crippen LogP contribution is -2.27. The minimum absolute atomic E-state index is 0.189. The highest BCUT2D eigenvalue weighted by molar-refractivity contribution is 8.27. The molecule has 1 aliphatic heterocycles. The van der Waals surface area contributed by atoms with Gasteiger partial charge in [-0.1, -0.05) is 55.2 Å². The second-order valence-corrected chi connectivity index (χ2v) is 8.02. The van der Waals surface area contributed by atoms with Crippen LogP contribution < -0.4 is 14.4 Å². The fourth-order valence-corrected chi connectivity index (χ4v) is 4.16. The summed E-state index contributed by atoms with van der Waals surface area (Å²) in [5.74, 6) is -0.454. The summed E-state index contributed by atoms with van der Waals surface area (Å²) in [4.78, 5) is 26.2. The number of hydrogen-bond donors (Lipinski definition) is 1. The molecule has 1 aliphatic rings. The molecule has 0 aromatic heterocycles. The second-order valence-electron chi connectivity index (χ2n) is 6.34. The van der Waals surface area contributed by atoms with Gasteiger partial charge in [0.15, 0.2) is 21.9 Å². The molecule has 8 heteroatoms. The van der Waals surface area contributed by atoms with Gasteiger partial charge in [-0.3, -0.25) is 9.69 Å². The van der Waals surface area contributed by atoms with Gasteiger partial charge < -0.3 is 14.6 Å². The molecule has 2 aromatic rings. The molecule has 30 heavy (non-hydrogen) atoms. The molecule has 1 fully saturated rings. The Morgan fingerprint density at radius 1 is 1.20 bits per heavy atom. The molecule has 1 amide bonds. The van der Waals surface area contributed by atoms with Crippen LogP contribution in [0.4, 0.5) is 5.69 Å². The number of amides is 1. The number of aliphatic carboxylic acids is 1. The number of rotatable bonds is 8. The largest absolute Gasteiger partial charge is 0.490 e. The molecule has 156 valence electrons. The summed E-state index contributed by atoms with van der Waals surface area (Å²) in [5, 5.41) is 9.24. The van der Waals surface area contributed by atoms with Crippen LogP contribution in [0, 0.1) is 0 Å². The Balaban J connectivity index is 1.88. The molecule has 2 aromatic carbocycles. The lowest BCUT2D eigenvalue weighted by Gasteiger charge is -2.17. The first-order valence-corrected chi connectivity index (χ1v) is 10.7. The van der Waals surface area contributed by atoms with Crippen molar-refractivity contribution in [1.29, 1.82) is 0 Å². The highest BCUT2D eigenvalue weighted by Gasteiger charge is 2.33. The van der Waals surface area contributed by atoms with Crippen LogP contribution in [-0.2, 0) is 9.59 Å². The summed E-state index contributed by atoms with van der Waals surface area (Å²) in [6, 6.07) is 14.4. The van der Waals surface area contributed by atoms with E-state index in [1.807, 2.05) is 37.3 Å². The quantitative estimate of drug-likeness (QED) is 0.467. The molecule has 1 saturated heterocycles. The van der Waals surface area contributed by atoms with E-state index in [1.165, 1.54) is 16.7 Å². The number of carbonyl (C=O) groups is 2. The Bertz CT molecular complexity index is 990. The fraction of sp³-hybridized carbons (Fsp3) is 0.227. The van der Waals surface area contributed by atoms with Crippen LogP contribution in [0.15, 0.2) is 53.4 Å². The van der Waals surface area contributed by atoms with Gasteiger partial charge in [0.1, 0.15) is 0 Å². The van der Waals surface area contributed by atoms with Gasteiger partial charge >= 0.3 is 5.97 Å². The molecule has 1 heterocycles. The van der Waals surface area contributed by atoms with Crippen LogP contribution in [0.25, 0.3) is 6.08 Å². The Labute approximate surface area is 184 Å². The van der Waals surface area contributed by atoms with Crippen LogP contribution in [0.5, 0.6) is 11.5 Å². The predicted molar refractivity (Wildman–Crippen MR) is 122 cm³/mol. The molecule has 0 bridgehead atoms. The monoisotopic (exact) mass is 443 g/mol. The summed E-state index contributed by atoms with van der Waals surface area (Å²) in [6.07, 6.45) is 1.10. The number of anilines is 1. The lowest BCUT2D eigenvalue weighted by molar-refractivity contribution is -0.145. The van der Waals surface area contributed by atoms with Crippen molar-refractivity contribution in [2.24, 2.45) is 0 Å².